The summed E-state index contributed by atoms with van der Waals surface area (Å²) in [6, 6.07) is 11.6. The van der Waals surface area contributed by atoms with Crippen LogP contribution in [0.25, 0.3) is 16.9 Å². The lowest BCUT2D eigenvalue weighted by molar-refractivity contribution is 0.111. The highest BCUT2D eigenvalue weighted by Crippen LogP contribution is 2.25. The van der Waals surface area contributed by atoms with Crippen molar-refractivity contribution in [3.05, 3.63) is 54.5 Å². The van der Waals surface area contributed by atoms with Gasteiger partial charge in [0.25, 0.3) is 0 Å². The fraction of sp³-hybridized carbons (Fsp3) is 0.0667. The lowest BCUT2D eigenvalue weighted by Crippen LogP contribution is -2.00. The molecule has 2 aromatic heterocycles. The first-order valence-electron chi connectivity index (χ1n) is 6.29. The predicted molar refractivity (Wildman–Crippen MR) is 81.8 cm³/mol. The average Bonchev–Trinajstić information content (AvgIpc) is 2.99. The molecule has 0 N–H and O–H groups in total. The Morgan fingerprint density at radius 1 is 1.19 bits per heavy atom. The summed E-state index contributed by atoms with van der Waals surface area (Å²) >= 11 is 1.65. The van der Waals surface area contributed by atoms with Gasteiger partial charge >= 0.3 is 0 Å². The number of benzene rings is 1. The molecule has 0 aliphatic heterocycles. The second-order valence-corrected chi connectivity index (χ2v) is 5.17. The molecule has 6 heteroatoms. The summed E-state index contributed by atoms with van der Waals surface area (Å²) in [6.07, 6.45) is 6.10. The van der Waals surface area contributed by atoms with Crippen LogP contribution in [0, 0.1) is 0 Å². The molecule has 0 radical (unpaired) electrons. The molecule has 2 heterocycles. The lowest BCUT2D eigenvalue weighted by atomic mass is 10.1. The van der Waals surface area contributed by atoms with Crippen molar-refractivity contribution in [1.82, 2.24) is 20.0 Å². The maximum atomic E-state index is 11.2. The number of nitrogens with zero attached hydrogens (tertiary/aromatic N) is 4. The molecule has 1 aromatic carbocycles. The summed E-state index contributed by atoms with van der Waals surface area (Å²) in [5.41, 5.74) is 2.71. The maximum Gasteiger partial charge on any atom is 0.172 e. The van der Waals surface area contributed by atoms with Crippen LogP contribution in [-0.4, -0.2) is 32.5 Å². The number of hydrogen-bond donors (Lipinski definition) is 0. The van der Waals surface area contributed by atoms with E-state index in [1.807, 2.05) is 42.7 Å². The first kappa shape index (κ1) is 13.5. The zero-order valence-corrected chi connectivity index (χ0v) is 12.1. The molecule has 0 spiro atoms. The lowest BCUT2D eigenvalue weighted by Gasteiger charge is -2.08. The minimum absolute atomic E-state index is 0.316. The Morgan fingerprint density at radius 3 is 2.71 bits per heavy atom. The van der Waals surface area contributed by atoms with E-state index in [2.05, 4.69) is 15.3 Å². The number of carbonyl (C=O) groups excluding carboxylic acids is 1. The monoisotopic (exact) mass is 296 g/mol. The predicted octanol–water partition coefficient (Wildman–Crippen LogP) is 2.86. The Balaban J connectivity index is 2.20. The summed E-state index contributed by atoms with van der Waals surface area (Å²) in [6.45, 7) is 0. The highest BCUT2D eigenvalue weighted by molar-refractivity contribution is 7.98. The van der Waals surface area contributed by atoms with Crippen molar-refractivity contribution in [2.45, 2.75) is 4.90 Å². The molecule has 0 atom stereocenters. The molecule has 0 amide bonds. The third kappa shape index (κ3) is 2.57. The Labute approximate surface area is 126 Å². The van der Waals surface area contributed by atoms with Gasteiger partial charge in [-0.25, -0.2) is 4.68 Å². The van der Waals surface area contributed by atoms with Crippen LogP contribution in [0.5, 0.6) is 0 Å². The number of thioether (sulfide) groups is 1. The summed E-state index contributed by atoms with van der Waals surface area (Å²) in [4.78, 5) is 16.4. The first-order chi connectivity index (χ1) is 10.3. The van der Waals surface area contributed by atoms with Gasteiger partial charge in [0, 0.05) is 22.9 Å². The maximum absolute atomic E-state index is 11.2. The first-order valence-corrected chi connectivity index (χ1v) is 7.51. The van der Waals surface area contributed by atoms with Gasteiger partial charge < -0.3 is 0 Å². The van der Waals surface area contributed by atoms with Gasteiger partial charge in [-0.2, -0.15) is 0 Å². The minimum Gasteiger partial charge on any atom is -0.296 e. The van der Waals surface area contributed by atoms with Crippen molar-refractivity contribution in [2.75, 3.05) is 6.26 Å². The molecular formula is C15H12N4OS. The number of pyridine rings is 1. The van der Waals surface area contributed by atoms with Gasteiger partial charge in [-0.1, -0.05) is 11.3 Å². The summed E-state index contributed by atoms with van der Waals surface area (Å²) < 4.78 is 1.68. The number of rotatable bonds is 4. The molecule has 104 valence electrons. The highest BCUT2D eigenvalue weighted by Gasteiger charge is 2.15. The Kier molecular flexibility index (Phi) is 3.79. The second kappa shape index (κ2) is 5.88. The van der Waals surface area contributed by atoms with Crippen LogP contribution < -0.4 is 0 Å². The molecule has 3 aromatic rings. The molecule has 5 nitrogen and oxygen atoms in total. The summed E-state index contributed by atoms with van der Waals surface area (Å²) in [5, 5.41) is 8.08. The molecule has 0 bridgehead atoms. The molecule has 0 fully saturated rings. The Hall–Kier alpha value is -2.47. The Morgan fingerprint density at radius 2 is 2.00 bits per heavy atom. The normalized spacial score (nSPS) is 10.5. The van der Waals surface area contributed by atoms with E-state index in [0.29, 0.717) is 11.4 Å². The van der Waals surface area contributed by atoms with Gasteiger partial charge in [-0.3, -0.25) is 9.78 Å². The smallest absolute Gasteiger partial charge is 0.172 e. The van der Waals surface area contributed by atoms with E-state index in [1.54, 1.807) is 28.8 Å². The van der Waals surface area contributed by atoms with Crippen LogP contribution >= 0.6 is 11.8 Å². The van der Waals surface area contributed by atoms with Crippen LogP contribution in [0.15, 0.2) is 53.7 Å². The van der Waals surface area contributed by atoms with Gasteiger partial charge in [-0.05, 0) is 36.6 Å². The van der Waals surface area contributed by atoms with E-state index in [9.17, 15) is 4.79 Å². The molecule has 0 unspecified atom stereocenters. The van der Waals surface area contributed by atoms with Crippen molar-refractivity contribution in [3.63, 3.8) is 0 Å². The van der Waals surface area contributed by atoms with Crippen molar-refractivity contribution >= 4 is 18.0 Å². The van der Waals surface area contributed by atoms with Gasteiger partial charge in [0.15, 0.2) is 12.0 Å². The van der Waals surface area contributed by atoms with E-state index in [4.69, 9.17) is 0 Å². The van der Waals surface area contributed by atoms with Crippen LogP contribution in [0.2, 0.25) is 0 Å². The van der Waals surface area contributed by atoms with Gasteiger partial charge in [0.2, 0.25) is 0 Å². The van der Waals surface area contributed by atoms with E-state index < -0.39 is 0 Å². The van der Waals surface area contributed by atoms with E-state index in [1.165, 1.54) is 0 Å². The third-order valence-corrected chi connectivity index (χ3v) is 3.78. The number of aldehydes is 1. The van der Waals surface area contributed by atoms with Crippen molar-refractivity contribution in [1.29, 1.82) is 0 Å². The molecule has 0 aliphatic rings. The van der Waals surface area contributed by atoms with E-state index in [0.717, 1.165) is 22.4 Å². The molecule has 0 saturated heterocycles. The summed E-state index contributed by atoms with van der Waals surface area (Å²) in [7, 11) is 0. The zero-order chi connectivity index (χ0) is 14.7. The third-order valence-electron chi connectivity index (χ3n) is 3.06. The molecule has 21 heavy (non-hydrogen) atoms. The fourth-order valence-electron chi connectivity index (χ4n) is 2.08. The molecule has 0 aliphatic carbocycles. The number of aromatic nitrogens is 4. The molecule has 3 rings (SSSR count). The van der Waals surface area contributed by atoms with Crippen LogP contribution in [0.1, 0.15) is 10.5 Å². The minimum atomic E-state index is 0.316. The van der Waals surface area contributed by atoms with Crippen molar-refractivity contribution in [3.8, 4) is 16.9 Å². The largest absolute Gasteiger partial charge is 0.296 e. The zero-order valence-electron chi connectivity index (χ0n) is 11.3. The quantitative estimate of drug-likeness (QED) is 0.547. The van der Waals surface area contributed by atoms with Gasteiger partial charge in [0.1, 0.15) is 5.69 Å². The van der Waals surface area contributed by atoms with Crippen molar-refractivity contribution < 1.29 is 4.79 Å². The topological polar surface area (TPSA) is 60.7 Å². The van der Waals surface area contributed by atoms with Crippen LogP contribution in [-0.2, 0) is 0 Å². The van der Waals surface area contributed by atoms with Crippen LogP contribution in [0.3, 0.4) is 0 Å². The number of carbonyl (C=O) groups is 1. The van der Waals surface area contributed by atoms with E-state index in [-0.39, 0.29) is 0 Å². The van der Waals surface area contributed by atoms with Gasteiger partial charge in [-0.15, -0.1) is 16.9 Å². The number of hydrogen-bond acceptors (Lipinski definition) is 5. The second-order valence-electron chi connectivity index (χ2n) is 4.29. The Bertz CT molecular complexity index is 770. The van der Waals surface area contributed by atoms with Crippen LogP contribution in [0.4, 0.5) is 0 Å². The van der Waals surface area contributed by atoms with E-state index >= 15 is 0 Å². The standard InChI is InChI=1S/C15H12N4OS/c1-21-13-4-2-3-12(9-13)19-15(14(10-20)17-18-19)11-5-7-16-8-6-11/h2-10H,1H3. The average molecular weight is 296 g/mol. The summed E-state index contributed by atoms with van der Waals surface area (Å²) in [5.74, 6) is 0. The highest BCUT2D eigenvalue weighted by atomic mass is 32.2. The molecule has 0 saturated carbocycles. The SMILES string of the molecule is CSc1cccc(-n2nnc(C=O)c2-c2ccncc2)c1. The fourth-order valence-corrected chi connectivity index (χ4v) is 2.53. The molecular weight excluding hydrogens is 284 g/mol. The van der Waals surface area contributed by atoms with Gasteiger partial charge in [0.05, 0.1) is 5.69 Å². The van der Waals surface area contributed by atoms with Crippen molar-refractivity contribution in [2.24, 2.45) is 0 Å².